The third-order valence-corrected chi connectivity index (χ3v) is 6.34. The minimum Gasteiger partial charge on any atom is -0.309 e. The smallest absolute Gasteiger partial charge is 0.250 e. The van der Waals surface area contributed by atoms with Crippen LogP contribution in [0.25, 0.3) is 21.3 Å². The Hall–Kier alpha value is -2.84. The highest BCUT2D eigenvalue weighted by atomic mass is 32.1. The maximum Gasteiger partial charge on any atom is 0.250 e. The molecule has 2 aromatic carbocycles. The number of nitrogens with zero attached hydrogens (tertiary/aromatic N) is 6. The van der Waals surface area contributed by atoms with Crippen molar-refractivity contribution in [1.82, 2.24) is 24.9 Å². The van der Waals surface area contributed by atoms with Crippen LogP contribution in [0.3, 0.4) is 0 Å². The Morgan fingerprint density at radius 1 is 1.10 bits per heavy atom. The first-order valence-corrected chi connectivity index (χ1v) is 10.9. The van der Waals surface area contributed by atoms with Crippen molar-refractivity contribution in [2.24, 2.45) is 0 Å². The molecule has 30 heavy (non-hydrogen) atoms. The Morgan fingerprint density at radius 2 is 1.90 bits per heavy atom. The first-order valence-electron chi connectivity index (χ1n) is 10.0. The van der Waals surface area contributed by atoms with Gasteiger partial charge in [0.05, 0.1) is 15.7 Å². The number of anilines is 1. The number of fused-ring (bicyclic) bond motifs is 2. The van der Waals surface area contributed by atoms with Crippen LogP contribution in [0.15, 0.2) is 36.4 Å². The molecule has 0 bridgehead atoms. The predicted molar refractivity (Wildman–Crippen MR) is 122 cm³/mol. The van der Waals surface area contributed by atoms with Crippen molar-refractivity contribution in [2.75, 3.05) is 32.1 Å². The third-order valence-electron chi connectivity index (χ3n) is 5.30. The largest absolute Gasteiger partial charge is 0.309 e. The van der Waals surface area contributed by atoms with Gasteiger partial charge in [0.1, 0.15) is 12.1 Å². The lowest BCUT2D eigenvalue weighted by Gasteiger charge is -2.21. The molecule has 0 N–H and O–H groups in total. The van der Waals surface area contributed by atoms with E-state index < -0.39 is 0 Å². The number of carbonyl (C=O) groups is 1. The SMILES string of the molecule is Cc1ccc2sc(N(CCCN(C)C)C(=O)Cn3nnc4ccccc43)nc2c1C. The van der Waals surface area contributed by atoms with Crippen molar-refractivity contribution in [3.63, 3.8) is 0 Å². The first kappa shape index (κ1) is 20.4. The zero-order valence-electron chi connectivity index (χ0n) is 17.8. The Labute approximate surface area is 179 Å². The van der Waals surface area contributed by atoms with Crippen molar-refractivity contribution in [3.05, 3.63) is 47.5 Å². The van der Waals surface area contributed by atoms with Gasteiger partial charge in [0.25, 0.3) is 5.91 Å². The average Bonchev–Trinajstić information content (AvgIpc) is 3.33. The minimum absolute atomic E-state index is 0.0298. The van der Waals surface area contributed by atoms with E-state index in [0.717, 1.165) is 44.9 Å². The van der Waals surface area contributed by atoms with Crippen molar-refractivity contribution in [2.45, 2.75) is 26.8 Å². The highest BCUT2D eigenvalue weighted by molar-refractivity contribution is 7.22. The number of amides is 1. The van der Waals surface area contributed by atoms with Gasteiger partial charge in [-0.15, -0.1) is 5.10 Å². The molecule has 0 saturated heterocycles. The summed E-state index contributed by atoms with van der Waals surface area (Å²) < 4.78 is 2.77. The molecule has 0 unspecified atom stereocenters. The number of benzene rings is 2. The van der Waals surface area contributed by atoms with Crippen LogP contribution >= 0.6 is 11.3 Å². The Balaban J connectivity index is 1.65. The summed E-state index contributed by atoms with van der Waals surface area (Å²) in [5.74, 6) is -0.0298. The van der Waals surface area contributed by atoms with Gasteiger partial charge in [0.15, 0.2) is 5.13 Å². The van der Waals surface area contributed by atoms with Crippen LogP contribution in [0.4, 0.5) is 5.13 Å². The third kappa shape index (κ3) is 4.06. The molecular weight excluding hydrogens is 396 g/mol. The quantitative estimate of drug-likeness (QED) is 0.455. The summed E-state index contributed by atoms with van der Waals surface area (Å²) in [5.41, 5.74) is 4.99. The summed E-state index contributed by atoms with van der Waals surface area (Å²) in [7, 11) is 4.08. The summed E-state index contributed by atoms with van der Waals surface area (Å²) in [4.78, 5) is 22.1. The first-order chi connectivity index (χ1) is 14.4. The summed E-state index contributed by atoms with van der Waals surface area (Å²) >= 11 is 1.57. The Kier molecular flexibility index (Phi) is 5.78. The number of thiazole rings is 1. The van der Waals surface area contributed by atoms with Gasteiger partial charge >= 0.3 is 0 Å². The zero-order valence-corrected chi connectivity index (χ0v) is 18.6. The summed E-state index contributed by atoms with van der Waals surface area (Å²) in [6.07, 6.45) is 0.866. The van der Waals surface area contributed by atoms with Gasteiger partial charge in [-0.3, -0.25) is 9.69 Å². The lowest BCUT2D eigenvalue weighted by Crippen LogP contribution is -2.36. The van der Waals surface area contributed by atoms with E-state index in [2.05, 4.69) is 41.2 Å². The van der Waals surface area contributed by atoms with E-state index in [4.69, 9.17) is 4.98 Å². The Bertz CT molecular complexity index is 1200. The monoisotopic (exact) mass is 422 g/mol. The minimum atomic E-state index is -0.0298. The number of carbonyl (C=O) groups excluding carboxylic acids is 1. The number of aromatic nitrogens is 4. The van der Waals surface area contributed by atoms with Gasteiger partial charge in [-0.05, 0) is 70.2 Å². The highest BCUT2D eigenvalue weighted by Gasteiger charge is 2.22. The lowest BCUT2D eigenvalue weighted by atomic mass is 10.1. The van der Waals surface area contributed by atoms with Crippen LogP contribution in [0.2, 0.25) is 0 Å². The second kappa shape index (κ2) is 8.49. The van der Waals surface area contributed by atoms with Crippen LogP contribution in [0.1, 0.15) is 17.5 Å². The number of para-hydroxylation sites is 1. The molecule has 2 aromatic heterocycles. The van der Waals surface area contributed by atoms with Gasteiger partial charge in [0, 0.05) is 6.54 Å². The Morgan fingerprint density at radius 3 is 2.70 bits per heavy atom. The number of aryl methyl sites for hydroxylation is 2. The zero-order chi connectivity index (χ0) is 21.3. The van der Waals surface area contributed by atoms with Crippen LogP contribution < -0.4 is 4.90 Å². The van der Waals surface area contributed by atoms with Crippen LogP contribution in [0.5, 0.6) is 0 Å². The van der Waals surface area contributed by atoms with Crippen LogP contribution in [0, 0.1) is 13.8 Å². The molecular formula is C22H26N6OS. The van der Waals surface area contributed by atoms with E-state index in [0.29, 0.717) is 6.54 Å². The molecule has 1 amide bonds. The lowest BCUT2D eigenvalue weighted by molar-refractivity contribution is -0.119. The van der Waals surface area contributed by atoms with Gasteiger partial charge < -0.3 is 4.90 Å². The van der Waals surface area contributed by atoms with Crippen LogP contribution in [-0.4, -0.2) is 58.0 Å². The molecule has 0 atom stereocenters. The van der Waals surface area contributed by atoms with Crippen molar-refractivity contribution in [1.29, 1.82) is 0 Å². The van der Waals surface area contributed by atoms with E-state index >= 15 is 0 Å². The fourth-order valence-corrected chi connectivity index (χ4v) is 4.52. The number of hydrogen-bond donors (Lipinski definition) is 0. The maximum absolute atomic E-state index is 13.3. The normalized spacial score (nSPS) is 11.6. The van der Waals surface area contributed by atoms with Crippen molar-refractivity contribution >= 4 is 43.6 Å². The van der Waals surface area contributed by atoms with Gasteiger partial charge in [-0.1, -0.05) is 34.7 Å². The fraction of sp³-hybridized carbons (Fsp3) is 0.364. The molecule has 4 aromatic rings. The molecule has 156 valence electrons. The molecule has 4 rings (SSSR count). The van der Waals surface area contributed by atoms with Crippen molar-refractivity contribution in [3.8, 4) is 0 Å². The second-order valence-electron chi connectivity index (χ2n) is 7.79. The molecule has 0 radical (unpaired) electrons. The molecule has 0 aliphatic rings. The van der Waals surface area contributed by atoms with E-state index in [1.54, 1.807) is 20.9 Å². The second-order valence-corrected chi connectivity index (χ2v) is 8.80. The number of hydrogen-bond acceptors (Lipinski definition) is 6. The topological polar surface area (TPSA) is 67.2 Å². The average molecular weight is 423 g/mol. The van der Waals surface area contributed by atoms with E-state index in [-0.39, 0.29) is 12.5 Å². The van der Waals surface area contributed by atoms with Gasteiger partial charge in [0.2, 0.25) is 0 Å². The fourth-order valence-electron chi connectivity index (χ4n) is 3.45. The van der Waals surface area contributed by atoms with Gasteiger partial charge in [-0.25, -0.2) is 9.67 Å². The van der Waals surface area contributed by atoms with Crippen LogP contribution in [-0.2, 0) is 11.3 Å². The molecule has 0 aliphatic carbocycles. The summed E-state index contributed by atoms with van der Waals surface area (Å²) in [6, 6.07) is 11.9. The standard InChI is InChI=1S/C22H26N6OS/c1-15-10-11-19-21(16(15)2)23-22(30-19)27(13-7-12-26(3)4)20(29)14-28-18-9-6-5-8-17(18)24-25-28/h5-6,8-11H,7,12-14H2,1-4H3. The molecule has 0 spiro atoms. The maximum atomic E-state index is 13.3. The molecule has 8 heteroatoms. The van der Waals surface area contributed by atoms with Gasteiger partial charge in [-0.2, -0.15) is 0 Å². The van der Waals surface area contributed by atoms with E-state index in [1.165, 1.54) is 5.56 Å². The highest BCUT2D eigenvalue weighted by Crippen LogP contribution is 2.32. The predicted octanol–water partition coefficient (Wildman–Crippen LogP) is 3.64. The molecule has 0 saturated carbocycles. The molecule has 0 aliphatic heterocycles. The molecule has 2 heterocycles. The number of rotatable bonds is 7. The summed E-state index contributed by atoms with van der Waals surface area (Å²) in [5, 5.41) is 9.09. The molecule has 0 fully saturated rings. The van der Waals surface area contributed by atoms with E-state index in [1.807, 2.05) is 38.4 Å². The van der Waals surface area contributed by atoms with Crippen molar-refractivity contribution < 1.29 is 4.79 Å². The molecule has 7 nitrogen and oxygen atoms in total. The van der Waals surface area contributed by atoms with E-state index in [9.17, 15) is 4.79 Å². The summed E-state index contributed by atoms with van der Waals surface area (Å²) in [6.45, 7) is 5.82.